The van der Waals surface area contributed by atoms with E-state index in [1.165, 1.54) is 0 Å². The predicted octanol–water partition coefficient (Wildman–Crippen LogP) is -0.0124. The molecule has 0 heterocycles. The number of carboxylic acids is 1. The third kappa shape index (κ3) is 5.19. The van der Waals surface area contributed by atoms with Gasteiger partial charge in [0.15, 0.2) is 5.92 Å². The zero-order valence-corrected chi connectivity index (χ0v) is 8.03. The minimum absolute atomic E-state index is 0.186. The number of aliphatic carboxylic acids is 1. The van der Waals surface area contributed by atoms with Gasteiger partial charge in [0, 0.05) is 0 Å². The van der Waals surface area contributed by atoms with E-state index in [4.69, 9.17) is 15.6 Å². The van der Waals surface area contributed by atoms with Crippen LogP contribution in [0.5, 0.6) is 0 Å². The summed E-state index contributed by atoms with van der Waals surface area (Å²) in [7, 11) is 0. The second-order valence-corrected chi connectivity index (χ2v) is 3.72. The van der Waals surface area contributed by atoms with Gasteiger partial charge in [0.2, 0.25) is 5.91 Å². The molecular weight excluding hydrogens is 174 g/mol. The summed E-state index contributed by atoms with van der Waals surface area (Å²) in [6.45, 7) is 5.13. The molecule has 0 aliphatic rings. The number of rotatable bonds is 4. The van der Waals surface area contributed by atoms with Crippen LogP contribution in [0.3, 0.4) is 0 Å². The van der Waals surface area contributed by atoms with Gasteiger partial charge in [-0.25, -0.2) is 0 Å². The molecule has 0 spiro atoms. The van der Waals surface area contributed by atoms with Gasteiger partial charge in [-0.2, -0.15) is 0 Å². The lowest BCUT2D eigenvalue weighted by atomic mass is 10.1. The Kier molecular flexibility index (Phi) is 3.87. The van der Waals surface area contributed by atoms with Gasteiger partial charge in [-0.05, 0) is 20.8 Å². The van der Waals surface area contributed by atoms with Crippen molar-refractivity contribution >= 4 is 11.9 Å². The molecule has 13 heavy (non-hydrogen) atoms. The number of ether oxygens (including phenoxy) is 1. The molecule has 0 aromatic heterocycles. The number of hydrogen-bond acceptors (Lipinski definition) is 3. The van der Waals surface area contributed by atoms with Gasteiger partial charge >= 0.3 is 5.97 Å². The molecule has 0 aromatic carbocycles. The molecule has 76 valence electrons. The monoisotopic (exact) mass is 189 g/mol. The molecule has 5 heteroatoms. The van der Waals surface area contributed by atoms with Crippen molar-refractivity contribution in [2.24, 2.45) is 11.7 Å². The van der Waals surface area contributed by atoms with Crippen molar-refractivity contribution in [3.63, 3.8) is 0 Å². The van der Waals surface area contributed by atoms with Crippen LogP contribution in [0.4, 0.5) is 0 Å². The Morgan fingerprint density at radius 2 is 1.92 bits per heavy atom. The standard InChI is InChI=1S/C8H15NO4/c1-8(2,3)13-4-5(6(9)10)7(11)12/h5H,4H2,1-3H3,(H2,9,10)(H,11,12). The van der Waals surface area contributed by atoms with Crippen LogP contribution >= 0.6 is 0 Å². The quantitative estimate of drug-likeness (QED) is 0.608. The highest BCUT2D eigenvalue weighted by molar-refractivity contribution is 5.96. The highest BCUT2D eigenvalue weighted by Crippen LogP contribution is 2.09. The molecule has 0 aliphatic heterocycles. The number of nitrogens with two attached hydrogens (primary N) is 1. The summed E-state index contributed by atoms with van der Waals surface area (Å²) in [5, 5.41) is 8.56. The number of carbonyl (C=O) groups is 2. The highest BCUT2D eigenvalue weighted by Gasteiger charge is 2.26. The summed E-state index contributed by atoms with van der Waals surface area (Å²) >= 11 is 0. The van der Waals surface area contributed by atoms with Gasteiger partial charge in [0.25, 0.3) is 0 Å². The summed E-state index contributed by atoms with van der Waals surface area (Å²) in [4.78, 5) is 21.1. The number of amides is 1. The first-order valence-corrected chi connectivity index (χ1v) is 3.90. The lowest BCUT2D eigenvalue weighted by molar-refractivity contribution is -0.150. The van der Waals surface area contributed by atoms with Crippen molar-refractivity contribution in [3.05, 3.63) is 0 Å². The smallest absolute Gasteiger partial charge is 0.318 e. The van der Waals surface area contributed by atoms with Gasteiger partial charge < -0.3 is 15.6 Å². The zero-order valence-electron chi connectivity index (χ0n) is 8.03. The molecule has 0 saturated heterocycles. The fourth-order valence-electron chi connectivity index (χ4n) is 0.608. The molecular formula is C8H15NO4. The Morgan fingerprint density at radius 3 is 2.15 bits per heavy atom. The molecule has 0 aliphatic carbocycles. The fourth-order valence-corrected chi connectivity index (χ4v) is 0.608. The van der Waals surface area contributed by atoms with Crippen LogP contribution in [0.1, 0.15) is 20.8 Å². The van der Waals surface area contributed by atoms with Crippen molar-refractivity contribution in [2.45, 2.75) is 26.4 Å². The van der Waals surface area contributed by atoms with Gasteiger partial charge in [-0.3, -0.25) is 9.59 Å². The van der Waals surface area contributed by atoms with Crippen molar-refractivity contribution < 1.29 is 19.4 Å². The van der Waals surface area contributed by atoms with Gasteiger partial charge in [0.05, 0.1) is 12.2 Å². The van der Waals surface area contributed by atoms with E-state index in [1.54, 1.807) is 20.8 Å². The van der Waals surface area contributed by atoms with E-state index in [-0.39, 0.29) is 6.61 Å². The average molecular weight is 189 g/mol. The second kappa shape index (κ2) is 4.23. The molecule has 3 N–H and O–H groups in total. The van der Waals surface area contributed by atoms with Crippen LogP contribution in [-0.4, -0.2) is 29.2 Å². The van der Waals surface area contributed by atoms with Crippen LogP contribution in [0, 0.1) is 5.92 Å². The maximum absolute atomic E-state index is 10.6. The van der Waals surface area contributed by atoms with Gasteiger partial charge in [-0.1, -0.05) is 0 Å². The summed E-state index contributed by atoms with van der Waals surface area (Å²) in [5.74, 6) is -3.40. The van der Waals surface area contributed by atoms with E-state index >= 15 is 0 Å². The minimum atomic E-state index is -1.26. The molecule has 0 saturated carbocycles. The molecule has 0 aromatic rings. The molecule has 1 unspecified atom stereocenters. The first-order valence-electron chi connectivity index (χ1n) is 3.90. The van der Waals surface area contributed by atoms with E-state index in [0.29, 0.717) is 0 Å². The van der Waals surface area contributed by atoms with Crippen LogP contribution in [0.2, 0.25) is 0 Å². The molecule has 0 radical (unpaired) electrons. The molecule has 0 bridgehead atoms. The summed E-state index contributed by atoms with van der Waals surface area (Å²) in [6, 6.07) is 0. The van der Waals surface area contributed by atoms with Gasteiger partial charge in [-0.15, -0.1) is 0 Å². The minimum Gasteiger partial charge on any atom is -0.481 e. The van der Waals surface area contributed by atoms with E-state index in [1.807, 2.05) is 0 Å². The first-order chi connectivity index (χ1) is 5.74. The van der Waals surface area contributed by atoms with E-state index < -0.39 is 23.4 Å². The molecule has 5 nitrogen and oxygen atoms in total. The van der Waals surface area contributed by atoms with Crippen LogP contribution in [0.25, 0.3) is 0 Å². The topological polar surface area (TPSA) is 89.6 Å². The van der Waals surface area contributed by atoms with E-state index in [0.717, 1.165) is 0 Å². The second-order valence-electron chi connectivity index (χ2n) is 3.72. The van der Waals surface area contributed by atoms with Crippen molar-refractivity contribution in [3.8, 4) is 0 Å². The van der Waals surface area contributed by atoms with Crippen molar-refractivity contribution in [2.75, 3.05) is 6.61 Å². The number of carboxylic acid groups (broad SMARTS) is 1. The average Bonchev–Trinajstić information content (AvgIpc) is 1.82. The van der Waals surface area contributed by atoms with E-state index in [2.05, 4.69) is 0 Å². The Balaban J connectivity index is 4.14. The van der Waals surface area contributed by atoms with Crippen LogP contribution in [0.15, 0.2) is 0 Å². The number of hydrogen-bond donors (Lipinski definition) is 2. The predicted molar refractivity (Wildman–Crippen MR) is 46.0 cm³/mol. The summed E-state index contributed by atoms with van der Waals surface area (Å²) in [5.41, 5.74) is 4.40. The lowest BCUT2D eigenvalue weighted by Gasteiger charge is -2.21. The summed E-state index contributed by atoms with van der Waals surface area (Å²) in [6.07, 6.45) is 0. The van der Waals surface area contributed by atoms with Gasteiger partial charge in [0.1, 0.15) is 0 Å². The van der Waals surface area contributed by atoms with Crippen molar-refractivity contribution in [1.29, 1.82) is 0 Å². The lowest BCUT2D eigenvalue weighted by Crippen LogP contribution is -2.36. The molecule has 0 fully saturated rings. The fraction of sp³-hybridized carbons (Fsp3) is 0.750. The number of carbonyl (C=O) groups excluding carboxylic acids is 1. The first kappa shape index (κ1) is 11.9. The van der Waals surface area contributed by atoms with Crippen LogP contribution in [-0.2, 0) is 14.3 Å². The Labute approximate surface area is 76.9 Å². The largest absolute Gasteiger partial charge is 0.481 e. The highest BCUT2D eigenvalue weighted by atomic mass is 16.5. The summed E-state index contributed by atoms with van der Waals surface area (Å²) < 4.78 is 5.13. The number of primary amides is 1. The van der Waals surface area contributed by atoms with E-state index in [9.17, 15) is 9.59 Å². The Bertz CT molecular complexity index is 193. The SMILES string of the molecule is CC(C)(C)OCC(C(N)=O)C(=O)O. The molecule has 1 atom stereocenters. The maximum atomic E-state index is 10.6. The van der Waals surface area contributed by atoms with Crippen molar-refractivity contribution in [1.82, 2.24) is 0 Å². The Morgan fingerprint density at radius 1 is 1.46 bits per heavy atom. The van der Waals surface area contributed by atoms with Crippen LogP contribution < -0.4 is 5.73 Å². The normalized spacial score (nSPS) is 13.8. The molecule has 0 rings (SSSR count). The third-order valence-corrected chi connectivity index (χ3v) is 1.32. The molecule has 1 amide bonds. The Hall–Kier alpha value is -1.10. The third-order valence-electron chi connectivity index (χ3n) is 1.32. The maximum Gasteiger partial charge on any atom is 0.318 e. The zero-order chi connectivity index (χ0) is 10.6.